The predicted octanol–water partition coefficient (Wildman–Crippen LogP) is 0.881. The molecule has 0 heterocycles. The van der Waals surface area contributed by atoms with Crippen LogP contribution in [0.3, 0.4) is 0 Å². The molecule has 10 atom stereocenters. The van der Waals surface area contributed by atoms with Gasteiger partial charge in [0.25, 0.3) is 0 Å². The molecule has 0 aliphatic heterocycles. The Balaban J connectivity index is 2.10. The van der Waals surface area contributed by atoms with Crippen molar-refractivity contribution in [2.45, 2.75) is 64.8 Å². The maximum absolute atomic E-state index is 14.2. The molecule has 1 aromatic carbocycles. The number of nitrogens with zero attached hydrogens (tertiary/aromatic N) is 1. The average Bonchev–Trinajstić information content (AvgIpc) is 2.82. The van der Waals surface area contributed by atoms with Crippen LogP contribution in [0.1, 0.15) is 62.9 Å². The largest absolute Gasteiger partial charge is 0.507 e. The van der Waals surface area contributed by atoms with Crippen molar-refractivity contribution in [1.29, 1.82) is 0 Å². The third-order valence-corrected chi connectivity index (χ3v) is 10.7. The lowest BCUT2D eigenvalue weighted by Gasteiger charge is -2.71. The molecule has 1 aromatic rings. The highest BCUT2D eigenvalue weighted by molar-refractivity contribution is 6.09. The van der Waals surface area contributed by atoms with Crippen molar-refractivity contribution in [2.75, 3.05) is 20.6 Å². The molecule has 10 heteroatoms. The Kier molecular flexibility index (Phi) is 7.36. The molecule has 220 valence electrons. The number of carbonyl (C=O) groups excluding carboxylic acids is 4. The first-order valence-electron chi connectivity index (χ1n) is 13.8. The second-order valence-corrected chi connectivity index (χ2v) is 13.2. The number of ketones is 3. The summed E-state index contributed by atoms with van der Waals surface area (Å²) >= 11 is 0. The monoisotopic (exact) mass is 558 g/mol. The first kappa shape index (κ1) is 30.3. The zero-order chi connectivity index (χ0) is 30.3. The van der Waals surface area contributed by atoms with Gasteiger partial charge in [-0.25, -0.2) is 0 Å². The number of fused-ring (bicyclic) bond motifs is 3. The van der Waals surface area contributed by atoms with Gasteiger partial charge in [0, 0.05) is 11.8 Å². The van der Waals surface area contributed by atoms with Crippen molar-refractivity contribution >= 4 is 23.3 Å². The van der Waals surface area contributed by atoms with E-state index < -0.39 is 81.6 Å². The van der Waals surface area contributed by atoms with Crippen LogP contribution in [-0.4, -0.2) is 87.0 Å². The summed E-state index contributed by atoms with van der Waals surface area (Å²) in [5, 5.41) is 46.8. The second kappa shape index (κ2) is 9.72. The van der Waals surface area contributed by atoms with Gasteiger partial charge < -0.3 is 31.1 Å². The van der Waals surface area contributed by atoms with E-state index in [1.54, 1.807) is 58.8 Å². The summed E-state index contributed by atoms with van der Waals surface area (Å²) in [4.78, 5) is 56.0. The number of aliphatic hydroxyl groups is 3. The van der Waals surface area contributed by atoms with Gasteiger partial charge in [0.15, 0.2) is 17.2 Å². The van der Waals surface area contributed by atoms with Crippen molar-refractivity contribution in [3.63, 3.8) is 0 Å². The highest BCUT2D eigenvalue weighted by atomic mass is 16.4. The molecule has 0 radical (unpaired) electrons. The standard InChI is InChI=1S/C30H42N2O8/c1-13(2)21-24(36)20(27(31)39)25(37)30(40)26(38)22-23(35)19-16(9-8-10-17(19)34)14(3)28(22,4)18(29(21,30)5)11-15(33)12-32(6)7/h8-10,13-14,18,20-22,24,26,34,36,38,40H,11-12H2,1-7H3,(H2,31,39)/t14-,18-,20-,21+,22-,24?,26?,28-,29-,30+/m1/s1. The van der Waals surface area contributed by atoms with Gasteiger partial charge in [0.2, 0.25) is 5.91 Å². The Labute approximate surface area is 234 Å². The van der Waals surface area contributed by atoms with Crippen LogP contribution in [0.2, 0.25) is 0 Å². The normalized spacial score (nSPS) is 41.0. The average molecular weight is 559 g/mol. The van der Waals surface area contributed by atoms with E-state index in [4.69, 9.17) is 5.73 Å². The highest BCUT2D eigenvalue weighted by Crippen LogP contribution is 2.71. The predicted molar refractivity (Wildman–Crippen MR) is 145 cm³/mol. The number of amides is 1. The lowest BCUT2D eigenvalue weighted by molar-refractivity contribution is -0.292. The van der Waals surface area contributed by atoms with E-state index in [1.165, 1.54) is 6.07 Å². The minimum absolute atomic E-state index is 0.00255. The fourth-order valence-corrected chi connectivity index (χ4v) is 9.02. The number of hydrogen-bond donors (Lipinski definition) is 5. The Bertz CT molecular complexity index is 1260. The zero-order valence-corrected chi connectivity index (χ0v) is 24.2. The number of phenolic OH excluding ortho intramolecular Hbond substituents is 1. The lowest BCUT2D eigenvalue weighted by atomic mass is 9.33. The van der Waals surface area contributed by atoms with Gasteiger partial charge >= 0.3 is 0 Å². The van der Waals surface area contributed by atoms with E-state index in [1.807, 2.05) is 6.92 Å². The number of carbonyl (C=O) groups is 4. The highest BCUT2D eigenvalue weighted by Gasteiger charge is 2.80. The van der Waals surface area contributed by atoms with E-state index in [2.05, 4.69) is 0 Å². The fraction of sp³-hybridized carbons (Fsp3) is 0.667. The van der Waals surface area contributed by atoms with Gasteiger partial charge in [-0.3, -0.25) is 19.2 Å². The molecule has 0 spiro atoms. The summed E-state index contributed by atoms with van der Waals surface area (Å²) in [7, 11) is 3.47. The number of benzene rings is 1. The minimum atomic E-state index is -2.70. The first-order valence-corrected chi connectivity index (χ1v) is 13.8. The smallest absolute Gasteiger partial charge is 0.230 e. The van der Waals surface area contributed by atoms with E-state index >= 15 is 0 Å². The Morgan fingerprint density at radius 2 is 1.73 bits per heavy atom. The van der Waals surface area contributed by atoms with Gasteiger partial charge in [-0.1, -0.05) is 46.8 Å². The third kappa shape index (κ3) is 3.69. The molecule has 4 rings (SSSR count). The maximum atomic E-state index is 14.2. The number of nitrogens with two attached hydrogens (primary N) is 1. The number of Topliss-reactive ketones (excluding diaryl/α,β-unsaturated/α-hetero) is 3. The van der Waals surface area contributed by atoms with Crippen molar-refractivity contribution < 1.29 is 39.6 Å². The summed E-state index contributed by atoms with van der Waals surface area (Å²) in [5.74, 6) is -9.48. The van der Waals surface area contributed by atoms with Gasteiger partial charge in [-0.2, -0.15) is 0 Å². The summed E-state index contributed by atoms with van der Waals surface area (Å²) in [6.07, 6.45) is -3.75. The van der Waals surface area contributed by atoms with Crippen LogP contribution in [-0.2, 0) is 14.4 Å². The Morgan fingerprint density at radius 1 is 1.12 bits per heavy atom. The zero-order valence-electron chi connectivity index (χ0n) is 24.2. The van der Waals surface area contributed by atoms with Crippen molar-refractivity contribution in [1.82, 2.24) is 4.90 Å². The summed E-state index contributed by atoms with van der Waals surface area (Å²) in [6, 6.07) is 4.70. The number of aliphatic hydroxyl groups excluding tert-OH is 2. The number of primary amides is 1. The molecule has 10 nitrogen and oxygen atoms in total. The quantitative estimate of drug-likeness (QED) is 0.317. The van der Waals surface area contributed by atoms with Crippen molar-refractivity contribution in [3.05, 3.63) is 29.3 Å². The van der Waals surface area contributed by atoms with Crippen LogP contribution in [0.15, 0.2) is 18.2 Å². The van der Waals surface area contributed by atoms with E-state index in [-0.39, 0.29) is 30.1 Å². The number of rotatable bonds is 6. The lowest BCUT2D eigenvalue weighted by Crippen LogP contribution is -2.82. The number of phenols is 1. The van der Waals surface area contributed by atoms with Crippen LogP contribution in [0.5, 0.6) is 5.75 Å². The van der Waals surface area contributed by atoms with Crippen molar-refractivity contribution in [2.24, 2.45) is 46.2 Å². The number of aromatic hydroxyl groups is 1. The van der Waals surface area contributed by atoms with E-state index in [0.717, 1.165) is 0 Å². The molecule has 40 heavy (non-hydrogen) atoms. The van der Waals surface area contributed by atoms with Crippen LogP contribution in [0.4, 0.5) is 0 Å². The molecular formula is C30H42N2O8. The summed E-state index contributed by atoms with van der Waals surface area (Å²) in [6.45, 7) is 8.82. The molecule has 0 saturated heterocycles. The van der Waals surface area contributed by atoms with Crippen molar-refractivity contribution in [3.8, 4) is 5.75 Å². The van der Waals surface area contributed by atoms with Crippen LogP contribution in [0.25, 0.3) is 0 Å². The number of hydrogen-bond acceptors (Lipinski definition) is 9. The summed E-state index contributed by atoms with van der Waals surface area (Å²) < 4.78 is 0. The van der Waals surface area contributed by atoms with Gasteiger partial charge in [-0.15, -0.1) is 0 Å². The fourth-order valence-electron chi connectivity index (χ4n) is 9.02. The molecule has 6 N–H and O–H groups in total. The van der Waals surface area contributed by atoms with Gasteiger partial charge in [0.05, 0.1) is 24.1 Å². The molecule has 0 aromatic heterocycles. The topological polar surface area (TPSA) is 178 Å². The molecule has 2 fully saturated rings. The SMILES string of the molecule is CC(C)[C@H]1C(O)[C@@H](C(N)=O)C(=O)[C@]2(O)C(O)[C@H]3C(=O)c4c(O)cccc4[C@@H](C)[C@]3(C)[C@@H](CC(=O)CN(C)C)[C@]12C. The van der Waals surface area contributed by atoms with Gasteiger partial charge in [-0.05, 0) is 54.8 Å². The molecular weight excluding hydrogens is 516 g/mol. The number of likely N-dealkylation sites (N-methyl/N-ethyl adjacent to an activating group) is 1. The maximum Gasteiger partial charge on any atom is 0.230 e. The molecule has 1 amide bonds. The van der Waals surface area contributed by atoms with E-state index in [0.29, 0.717) is 5.56 Å². The second-order valence-electron chi connectivity index (χ2n) is 13.2. The van der Waals surface area contributed by atoms with Crippen LogP contribution < -0.4 is 5.73 Å². The first-order chi connectivity index (χ1) is 18.4. The molecule has 2 unspecified atom stereocenters. The van der Waals surface area contributed by atoms with E-state index in [9.17, 15) is 39.6 Å². The molecule has 0 bridgehead atoms. The Morgan fingerprint density at radius 3 is 2.25 bits per heavy atom. The molecule has 3 aliphatic carbocycles. The summed E-state index contributed by atoms with van der Waals surface area (Å²) in [5.41, 5.74) is 0.543. The van der Waals surface area contributed by atoms with Crippen LogP contribution >= 0.6 is 0 Å². The minimum Gasteiger partial charge on any atom is -0.507 e. The van der Waals surface area contributed by atoms with Crippen LogP contribution in [0, 0.1) is 40.4 Å². The Hall–Kier alpha value is -2.66. The molecule has 3 aliphatic rings. The molecule has 2 saturated carbocycles. The van der Waals surface area contributed by atoms with Gasteiger partial charge in [0.1, 0.15) is 23.6 Å². The third-order valence-electron chi connectivity index (χ3n) is 10.7.